The normalized spacial score (nSPS) is 11.7. The van der Waals surface area contributed by atoms with Crippen molar-refractivity contribution in [3.63, 3.8) is 0 Å². The summed E-state index contributed by atoms with van der Waals surface area (Å²) in [6.07, 6.45) is -2.30. The van der Waals surface area contributed by atoms with Crippen LogP contribution in [0.25, 0.3) is 0 Å². The van der Waals surface area contributed by atoms with Gasteiger partial charge in [0, 0.05) is 0 Å². The molecule has 2 aromatic carbocycles. The van der Waals surface area contributed by atoms with E-state index in [2.05, 4.69) is 13.8 Å². The van der Waals surface area contributed by atoms with Crippen molar-refractivity contribution in [3.8, 4) is 11.5 Å². The summed E-state index contributed by atoms with van der Waals surface area (Å²) in [4.78, 5) is 0. The number of rotatable bonds is 5. The molecule has 0 radical (unpaired) electrons. The van der Waals surface area contributed by atoms with Crippen molar-refractivity contribution in [2.75, 3.05) is 5.73 Å². The van der Waals surface area contributed by atoms with Gasteiger partial charge >= 0.3 is 6.18 Å². The third-order valence-electron chi connectivity index (χ3n) is 3.90. The Morgan fingerprint density at radius 2 is 1.61 bits per heavy atom. The smallest absolute Gasteiger partial charge is 0.416 e. The van der Waals surface area contributed by atoms with Crippen LogP contribution < -0.4 is 10.5 Å². The number of anilines is 1. The standard InChI is InChI=1S/C18H20F3NO/c1-3-12(4-2)13-5-8-15(9-6-13)23-17-10-7-14(11-16(17)22)18(19,20)21/h5-12H,3-4,22H2,1-2H3. The topological polar surface area (TPSA) is 35.2 Å². The molecule has 23 heavy (non-hydrogen) atoms. The Hall–Kier alpha value is -2.17. The van der Waals surface area contributed by atoms with E-state index in [0.717, 1.165) is 25.0 Å². The van der Waals surface area contributed by atoms with E-state index in [1.807, 2.05) is 24.3 Å². The maximum atomic E-state index is 12.6. The predicted molar refractivity (Wildman–Crippen MR) is 85.7 cm³/mol. The Balaban J connectivity index is 2.16. The summed E-state index contributed by atoms with van der Waals surface area (Å²) >= 11 is 0. The van der Waals surface area contributed by atoms with Crippen LogP contribution in [0.3, 0.4) is 0 Å². The molecule has 5 heteroatoms. The number of nitrogens with two attached hydrogens (primary N) is 1. The zero-order chi connectivity index (χ0) is 17.0. The molecule has 0 saturated carbocycles. The van der Waals surface area contributed by atoms with Gasteiger partial charge in [0.05, 0.1) is 11.3 Å². The van der Waals surface area contributed by atoms with Gasteiger partial charge in [0.25, 0.3) is 0 Å². The average molecular weight is 323 g/mol. The van der Waals surface area contributed by atoms with Gasteiger partial charge in [-0.25, -0.2) is 0 Å². The fourth-order valence-electron chi connectivity index (χ4n) is 2.51. The summed E-state index contributed by atoms with van der Waals surface area (Å²) in [5.74, 6) is 1.26. The van der Waals surface area contributed by atoms with Gasteiger partial charge in [-0.1, -0.05) is 26.0 Å². The van der Waals surface area contributed by atoms with E-state index in [4.69, 9.17) is 10.5 Å². The fraction of sp³-hybridized carbons (Fsp3) is 0.333. The second-order valence-electron chi connectivity index (χ2n) is 5.43. The summed E-state index contributed by atoms with van der Waals surface area (Å²) < 4.78 is 43.4. The molecule has 0 amide bonds. The molecular formula is C18H20F3NO. The van der Waals surface area contributed by atoms with Crippen LogP contribution in [0.2, 0.25) is 0 Å². The van der Waals surface area contributed by atoms with Crippen LogP contribution in [0.4, 0.5) is 18.9 Å². The minimum absolute atomic E-state index is 0.0381. The Labute approximate surface area is 134 Å². The third kappa shape index (κ3) is 4.18. The number of ether oxygens (including phenoxy) is 1. The first-order valence-corrected chi connectivity index (χ1v) is 7.59. The fourth-order valence-corrected chi connectivity index (χ4v) is 2.51. The molecule has 0 unspecified atom stereocenters. The van der Waals surface area contributed by atoms with Gasteiger partial charge in [-0.3, -0.25) is 0 Å². The number of hydrogen-bond donors (Lipinski definition) is 1. The molecule has 2 rings (SSSR count). The first-order chi connectivity index (χ1) is 10.8. The number of hydrogen-bond acceptors (Lipinski definition) is 2. The largest absolute Gasteiger partial charge is 0.455 e. The van der Waals surface area contributed by atoms with Gasteiger partial charge < -0.3 is 10.5 Å². The van der Waals surface area contributed by atoms with Crippen molar-refractivity contribution in [2.24, 2.45) is 0 Å². The molecule has 0 aromatic heterocycles. The van der Waals surface area contributed by atoms with Gasteiger partial charge in [-0.05, 0) is 54.7 Å². The zero-order valence-corrected chi connectivity index (χ0v) is 13.2. The van der Waals surface area contributed by atoms with Crippen molar-refractivity contribution in [1.82, 2.24) is 0 Å². The highest BCUT2D eigenvalue weighted by atomic mass is 19.4. The van der Waals surface area contributed by atoms with Crippen molar-refractivity contribution in [1.29, 1.82) is 0 Å². The number of nitrogen functional groups attached to an aromatic ring is 1. The van der Waals surface area contributed by atoms with Crippen LogP contribution in [0.15, 0.2) is 42.5 Å². The minimum Gasteiger partial charge on any atom is -0.455 e. The lowest BCUT2D eigenvalue weighted by atomic mass is 9.94. The molecular weight excluding hydrogens is 303 g/mol. The van der Waals surface area contributed by atoms with Crippen molar-refractivity contribution < 1.29 is 17.9 Å². The molecule has 0 aliphatic heterocycles. The van der Waals surface area contributed by atoms with E-state index >= 15 is 0 Å². The lowest BCUT2D eigenvalue weighted by Gasteiger charge is -2.14. The molecule has 2 aromatic rings. The molecule has 0 aliphatic rings. The Kier molecular flexibility index (Phi) is 5.19. The highest BCUT2D eigenvalue weighted by Gasteiger charge is 2.31. The maximum absolute atomic E-state index is 12.6. The van der Waals surface area contributed by atoms with Crippen LogP contribution in [0.5, 0.6) is 11.5 Å². The quantitative estimate of drug-likeness (QED) is 0.687. The number of halogens is 3. The monoisotopic (exact) mass is 323 g/mol. The summed E-state index contributed by atoms with van der Waals surface area (Å²) in [5, 5.41) is 0. The second-order valence-corrected chi connectivity index (χ2v) is 5.43. The number of alkyl halides is 3. The summed E-state index contributed by atoms with van der Waals surface area (Å²) in [5.41, 5.74) is 6.06. The van der Waals surface area contributed by atoms with Gasteiger partial charge in [0.2, 0.25) is 0 Å². The van der Waals surface area contributed by atoms with Crippen LogP contribution in [0, 0.1) is 0 Å². The molecule has 2 N–H and O–H groups in total. The Morgan fingerprint density at radius 1 is 1.00 bits per heavy atom. The molecule has 0 fully saturated rings. The van der Waals surface area contributed by atoms with E-state index in [0.29, 0.717) is 11.7 Å². The molecule has 0 aliphatic carbocycles. The van der Waals surface area contributed by atoms with Gasteiger partial charge in [0.1, 0.15) is 11.5 Å². The van der Waals surface area contributed by atoms with Crippen molar-refractivity contribution in [3.05, 3.63) is 53.6 Å². The van der Waals surface area contributed by atoms with E-state index in [-0.39, 0.29) is 11.4 Å². The molecule has 0 atom stereocenters. The van der Waals surface area contributed by atoms with E-state index in [1.54, 1.807) is 0 Å². The molecule has 0 spiro atoms. The first kappa shape index (κ1) is 17.2. The first-order valence-electron chi connectivity index (χ1n) is 7.59. The van der Waals surface area contributed by atoms with E-state index < -0.39 is 11.7 Å². The molecule has 0 heterocycles. The molecule has 2 nitrogen and oxygen atoms in total. The number of benzene rings is 2. The lowest BCUT2D eigenvalue weighted by molar-refractivity contribution is -0.137. The van der Waals surface area contributed by atoms with Crippen LogP contribution in [-0.4, -0.2) is 0 Å². The SMILES string of the molecule is CCC(CC)c1ccc(Oc2ccc(C(F)(F)F)cc2N)cc1. The molecule has 0 saturated heterocycles. The van der Waals surface area contributed by atoms with Crippen molar-refractivity contribution >= 4 is 5.69 Å². The highest BCUT2D eigenvalue weighted by Crippen LogP contribution is 2.35. The summed E-state index contributed by atoms with van der Waals surface area (Å²) in [6.45, 7) is 4.28. The van der Waals surface area contributed by atoms with Crippen LogP contribution >= 0.6 is 0 Å². The molecule has 0 bridgehead atoms. The van der Waals surface area contributed by atoms with E-state index in [1.165, 1.54) is 11.6 Å². The highest BCUT2D eigenvalue weighted by molar-refractivity contribution is 5.56. The van der Waals surface area contributed by atoms with E-state index in [9.17, 15) is 13.2 Å². The average Bonchev–Trinajstić information content (AvgIpc) is 2.51. The zero-order valence-electron chi connectivity index (χ0n) is 13.2. The Morgan fingerprint density at radius 3 is 2.09 bits per heavy atom. The summed E-state index contributed by atoms with van der Waals surface area (Å²) in [6, 6.07) is 10.7. The Bertz CT molecular complexity index is 646. The summed E-state index contributed by atoms with van der Waals surface area (Å²) in [7, 11) is 0. The van der Waals surface area contributed by atoms with Gasteiger partial charge in [-0.15, -0.1) is 0 Å². The third-order valence-corrected chi connectivity index (χ3v) is 3.90. The predicted octanol–water partition coefficient (Wildman–Crippen LogP) is 5.98. The van der Waals surface area contributed by atoms with Crippen LogP contribution in [-0.2, 0) is 6.18 Å². The second kappa shape index (κ2) is 6.94. The lowest BCUT2D eigenvalue weighted by Crippen LogP contribution is -2.06. The molecule has 124 valence electrons. The van der Waals surface area contributed by atoms with Gasteiger partial charge in [-0.2, -0.15) is 13.2 Å². The van der Waals surface area contributed by atoms with Gasteiger partial charge in [0.15, 0.2) is 0 Å². The minimum atomic E-state index is -4.41. The maximum Gasteiger partial charge on any atom is 0.416 e. The van der Waals surface area contributed by atoms with Crippen LogP contribution in [0.1, 0.15) is 43.7 Å². The van der Waals surface area contributed by atoms with Crippen molar-refractivity contribution in [2.45, 2.75) is 38.8 Å².